The summed E-state index contributed by atoms with van der Waals surface area (Å²) in [6.45, 7) is 7.54. The second-order valence-corrected chi connectivity index (χ2v) is 10.8. The molecule has 1 atom stereocenters. The normalized spacial score (nSPS) is 17.4. The monoisotopic (exact) mass is 561 g/mol. The van der Waals surface area contributed by atoms with Crippen molar-refractivity contribution in [3.05, 3.63) is 96.7 Å². The van der Waals surface area contributed by atoms with Gasteiger partial charge in [-0.1, -0.05) is 53.8 Å². The van der Waals surface area contributed by atoms with Crippen LogP contribution in [0.1, 0.15) is 37.9 Å². The van der Waals surface area contributed by atoms with Gasteiger partial charge in [-0.15, -0.1) is 0 Å². The fourth-order valence-electron chi connectivity index (χ4n) is 4.67. The number of nitrogens with zero attached hydrogens (tertiary/aromatic N) is 3. The van der Waals surface area contributed by atoms with E-state index >= 15 is 0 Å². The van der Waals surface area contributed by atoms with E-state index in [0.29, 0.717) is 52.7 Å². The van der Waals surface area contributed by atoms with Gasteiger partial charge in [0.25, 0.3) is 11.5 Å². The van der Waals surface area contributed by atoms with Gasteiger partial charge in [0.15, 0.2) is 11.4 Å². The third-order valence-corrected chi connectivity index (χ3v) is 7.59. The fraction of sp³-hybridized carbons (Fsp3) is 0.333. The molecular formula is C30H31N3O6S. The first-order valence-electron chi connectivity index (χ1n) is 13.2. The van der Waals surface area contributed by atoms with Crippen molar-refractivity contribution in [1.29, 1.82) is 0 Å². The summed E-state index contributed by atoms with van der Waals surface area (Å²) in [5.74, 6) is 0.00342. The molecule has 1 fully saturated rings. The van der Waals surface area contributed by atoms with Crippen LogP contribution < -0.4 is 19.6 Å². The first-order valence-corrected chi connectivity index (χ1v) is 14.0. The minimum Gasteiger partial charge on any atom is -0.484 e. The molecular weight excluding hydrogens is 530 g/mol. The van der Waals surface area contributed by atoms with Crippen LogP contribution in [0.2, 0.25) is 0 Å². The molecule has 208 valence electrons. The van der Waals surface area contributed by atoms with Gasteiger partial charge in [-0.3, -0.25) is 14.2 Å². The zero-order chi connectivity index (χ0) is 28.2. The number of fused-ring (bicyclic) bond motifs is 1. The highest BCUT2D eigenvalue weighted by Crippen LogP contribution is 2.30. The van der Waals surface area contributed by atoms with Crippen molar-refractivity contribution < 1.29 is 23.8 Å². The summed E-state index contributed by atoms with van der Waals surface area (Å²) in [5, 5.41) is 0. The third-order valence-electron chi connectivity index (χ3n) is 6.60. The van der Waals surface area contributed by atoms with Crippen LogP contribution in [-0.4, -0.2) is 60.4 Å². The van der Waals surface area contributed by atoms with E-state index in [1.165, 1.54) is 11.3 Å². The van der Waals surface area contributed by atoms with E-state index in [1.54, 1.807) is 48.4 Å². The number of carbonyl (C=O) groups excluding carboxylic acids is 2. The largest absolute Gasteiger partial charge is 0.484 e. The van der Waals surface area contributed by atoms with Crippen molar-refractivity contribution in [3.8, 4) is 5.75 Å². The Morgan fingerprint density at radius 1 is 1.10 bits per heavy atom. The molecule has 1 aromatic heterocycles. The van der Waals surface area contributed by atoms with Crippen LogP contribution in [0.3, 0.4) is 0 Å². The summed E-state index contributed by atoms with van der Waals surface area (Å²) >= 11 is 1.27. The molecule has 2 aliphatic rings. The van der Waals surface area contributed by atoms with Crippen molar-refractivity contribution >= 4 is 29.3 Å². The van der Waals surface area contributed by atoms with Gasteiger partial charge in [-0.2, -0.15) is 0 Å². The molecule has 3 aromatic rings. The molecule has 0 N–H and O–H groups in total. The zero-order valence-corrected chi connectivity index (χ0v) is 23.5. The number of esters is 1. The average Bonchev–Trinajstić information content (AvgIpc) is 3.26. The van der Waals surface area contributed by atoms with Crippen molar-refractivity contribution in [2.75, 3.05) is 32.9 Å². The molecule has 5 rings (SSSR count). The number of allylic oxidation sites excluding steroid dienone is 1. The maximum atomic E-state index is 13.7. The van der Waals surface area contributed by atoms with Crippen LogP contribution in [0.5, 0.6) is 5.75 Å². The second kappa shape index (κ2) is 12.0. The topological polar surface area (TPSA) is 99.4 Å². The molecule has 40 heavy (non-hydrogen) atoms. The Morgan fingerprint density at radius 3 is 2.48 bits per heavy atom. The Balaban J connectivity index is 1.43. The van der Waals surface area contributed by atoms with E-state index in [4.69, 9.17) is 14.2 Å². The van der Waals surface area contributed by atoms with Gasteiger partial charge in [-0.05, 0) is 50.1 Å². The summed E-state index contributed by atoms with van der Waals surface area (Å²) in [7, 11) is 0. The van der Waals surface area contributed by atoms with Gasteiger partial charge < -0.3 is 19.1 Å². The van der Waals surface area contributed by atoms with Gasteiger partial charge in [0.2, 0.25) is 0 Å². The molecule has 1 saturated heterocycles. The molecule has 0 radical (unpaired) electrons. The molecule has 2 aromatic carbocycles. The number of carbonyl (C=O) groups is 2. The summed E-state index contributed by atoms with van der Waals surface area (Å²) in [6, 6.07) is 16.0. The average molecular weight is 562 g/mol. The predicted octanol–water partition coefficient (Wildman–Crippen LogP) is 2.42. The molecule has 1 unspecified atom stereocenters. The van der Waals surface area contributed by atoms with Gasteiger partial charge in [0.05, 0.1) is 41.2 Å². The molecule has 0 aliphatic carbocycles. The lowest BCUT2D eigenvalue weighted by Crippen LogP contribution is -2.42. The van der Waals surface area contributed by atoms with Crippen LogP contribution in [0.15, 0.2) is 75.7 Å². The Bertz CT molecular complexity index is 1600. The van der Waals surface area contributed by atoms with E-state index in [0.717, 1.165) is 11.1 Å². The second-order valence-electron chi connectivity index (χ2n) is 9.80. The summed E-state index contributed by atoms with van der Waals surface area (Å²) < 4.78 is 18.6. The number of thiazole rings is 1. The van der Waals surface area contributed by atoms with E-state index in [9.17, 15) is 14.4 Å². The molecule has 3 heterocycles. The highest BCUT2D eigenvalue weighted by molar-refractivity contribution is 7.07. The smallest absolute Gasteiger partial charge is 0.338 e. The maximum absolute atomic E-state index is 13.7. The summed E-state index contributed by atoms with van der Waals surface area (Å²) in [6.07, 6.45) is 1.48. The number of ether oxygens (including phenoxy) is 3. The number of benzene rings is 2. The highest BCUT2D eigenvalue weighted by atomic mass is 32.1. The third kappa shape index (κ3) is 5.93. The van der Waals surface area contributed by atoms with Crippen LogP contribution >= 0.6 is 11.3 Å². The molecule has 0 spiro atoms. The minimum atomic E-state index is -0.648. The van der Waals surface area contributed by atoms with Crippen molar-refractivity contribution in [2.24, 2.45) is 4.99 Å². The van der Waals surface area contributed by atoms with Crippen LogP contribution in [0, 0.1) is 0 Å². The summed E-state index contributed by atoms with van der Waals surface area (Å²) in [4.78, 5) is 46.1. The molecule has 2 aliphatic heterocycles. The van der Waals surface area contributed by atoms with Crippen molar-refractivity contribution in [3.63, 3.8) is 0 Å². The Morgan fingerprint density at radius 2 is 1.80 bits per heavy atom. The van der Waals surface area contributed by atoms with E-state index in [1.807, 2.05) is 42.5 Å². The molecule has 0 bridgehead atoms. The van der Waals surface area contributed by atoms with Gasteiger partial charge >= 0.3 is 5.97 Å². The Kier molecular flexibility index (Phi) is 8.27. The number of aromatic nitrogens is 1. The Labute approximate surface area is 235 Å². The quantitative estimate of drug-likeness (QED) is 0.411. The van der Waals surface area contributed by atoms with Crippen LogP contribution in [-0.2, 0) is 19.1 Å². The number of amides is 1. The van der Waals surface area contributed by atoms with E-state index in [2.05, 4.69) is 4.99 Å². The number of hydrogen-bond acceptors (Lipinski definition) is 8. The fourth-order valence-corrected chi connectivity index (χ4v) is 5.72. The van der Waals surface area contributed by atoms with E-state index in [-0.39, 0.29) is 24.2 Å². The lowest BCUT2D eigenvalue weighted by Gasteiger charge is -2.26. The van der Waals surface area contributed by atoms with Gasteiger partial charge in [-0.25, -0.2) is 9.79 Å². The number of hydrogen-bond donors (Lipinski definition) is 0. The van der Waals surface area contributed by atoms with Gasteiger partial charge in [0.1, 0.15) is 5.75 Å². The molecule has 0 saturated carbocycles. The number of morpholine rings is 1. The molecule has 9 nitrogen and oxygen atoms in total. The number of rotatable bonds is 7. The standard InChI is InChI=1S/C30H31N3O6S/c1-19(2)39-29(36)26-20(3)31-30-33(27(26)22-7-5-4-6-8-22)28(35)24(40-30)17-21-9-11-23(12-10-21)38-18-25(34)32-13-15-37-16-14-32/h4-12,17,19,27H,13-16,18H2,1-3H3. The molecule has 1 amide bonds. The SMILES string of the molecule is CC1=C(C(=O)OC(C)C)C(c2ccccc2)n2c(sc(=Cc3ccc(OCC(=O)N4CCOCC4)cc3)c2=O)=N1. The molecule has 10 heteroatoms. The van der Waals surface area contributed by atoms with Crippen molar-refractivity contribution in [2.45, 2.75) is 32.9 Å². The van der Waals surface area contributed by atoms with Gasteiger partial charge in [0, 0.05) is 13.1 Å². The first-order chi connectivity index (χ1) is 19.3. The van der Waals surface area contributed by atoms with E-state index < -0.39 is 12.0 Å². The lowest BCUT2D eigenvalue weighted by atomic mass is 9.96. The van der Waals surface area contributed by atoms with Crippen LogP contribution in [0.4, 0.5) is 0 Å². The first kappa shape index (κ1) is 27.5. The Hall–Kier alpha value is -4.02. The lowest BCUT2D eigenvalue weighted by molar-refractivity contribution is -0.143. The highest BCUT2D eigenvalue weighted by Gasteiger charge is 2.33. The minimum absolute atomic E-state index is 0.0433. The predicted molar refractivity (Wildman–Crippen MR) is 151 cm³/mol. The van der Waals surface area contributed by atoms with Crippen LogP contribution in [0.25, 0.3) is 6.08 Å². The zero-order valence-electron chi connectivity index (χ0n) is 22.7. The van der Waals surface area contributed by atoms with Crippen molar-refractivity contribution in [1.82, 2.24) is 9.47 Å². The maximum Gasteiger partial charge on any atom is 0.338 e. The summed E-state index contributed by atoms with van der Waals surface area (Å²) in [5.41, 5.74) is 2.24.